The monoisotopic (exact) mass is 275 g/mol. The minimum absolute atomic E-state index is 0.0902. The summed E-state index contributed by atoms with van der Waals surface area (Å²) in [5.74, 6) is -2.24. The molecule has 6 nitrogen and oxygen atoms in total. The van der Waals surface area contributed by atoms with Gasteiger partial charge in [0.05, 0.1) is 12.7 Å². The Labute approximate surface area is 113 Å². The lowest BCUT2D eigenvalue weighted by Gasteiger charge is -2.07. The first-order valence-corrected chi connectivity index (χ1v) is 5.58. The molecule has 1 amide bonds. The number of aromatic nitrogens is 2. The van der Waals surface area contributed by atoms with E-state index in [1.807, 2.05) is 0 Å². The van der Waals surface area contributed by atoms with Crippen LogP contribution in [0.1, 0.15) is 20.8 Å². The van der Waals surface area contributed by atoms with Crippen molar-refractivity contribution in [2.75, 3.05) is 12.4 Å². The molecule has 1 N–H and O–H groups in total. The quantitative estimate of drug-likeness (QED) is 0.861. The number of carbonyl (C=O) groups excluding carboxylic acids is 2. The molecule has 1 aromatic heterocycles. The molecule has 102 valence electrons. The molecule has 0 spiro atoms. The van der Waals surface area contributed by atoms with E-state index in [9.17, 15) is 14.0 Å². The Morgan fingerprint density at radius 2 is 1.90 bits per heavy atom. The topological polar surface area (TPSA) is 81.2 Å². The summed E-state index contributed by atoms with van der Waals surface area (Å²) in [6.07, 6.45) is 2.58. The molecule has 0 unspecified atom stereocenters. The maximum atomic E-state index is 13.5. The molecule has 0 radical (unpaired) electrons. The zero-order valence-corrected chi connectivity index (χ0v) is 10.5. The van der Waals surface area contributed by atoms with Gasteiger partial charge in [0.15, 0.2) is 11.5 Å². The molecule has 1 aromatic carbocycles. The first-order valence-electron chi connectivity index (χ1n) is 5.58. The van der Waals surface area contributed by atoms with Gasteiger partial charge in [0.1, 0.15) is 5.82 Å². The minimum Gasteiger partial charge on any atom is -0.464 e. The number of anilines is 1. The minimum atomic E-state index is -0.748. The number of benzene rings is 1. The molecule has 0 fully saturated rings. The number of rotatable bonds is 3. The van der Waals surface area contributed by atoms with Crippen molar-refractivity contribution in [2.45, 2.75) is 0 Å². The Bertz CT molecular complexity index is 661. The largest absolute Gasteiger partial charge is 0.464 e. The van der Waals surface area contributed by atoms with E-state index in [0.717, 1.165) is 6.07 Å². The molecule has 2 rings (SSSR count). The molecule has 0 saturated carbocycles. The standard InChI is InChI=1S/C13H10FN3O3/c1-20-13(19)10-11(16-7-6-15-10)17-12(18)8-4-2-3-5-9(8)14/h2-7H,1H3,(H,16,17,18). The zero-order chi connectivity index (χ0) is 14.5. The summed E-state index contributed by atoms with van der Waals surface area (Å²) in [5, 5.41) is 2.33. The fourth-order valence-corrected chi connectivity index (χ4v) is 1.50. The maximum absolute atomic E-state index is 13.5. The van der Waals surface area contributed by atoms with Crippen molar-refractivity contribution < 1.29 is 18.7 Å². The van der Waals surface area contributed by atoms with E-state index in [1.165, 1.54) is 37.7 Å². The number of ether oxygens (including phenoxy) is 1. The molecule has 0 aliphatic carbocycles. The van der Waals surface area contributed by atoms with Gasteiger partial charge in [-0.2, -0.15) is 0 Å². The van der Waals surface area contributed by atoms with E-state index in [-0.39, 0.29) is 17.1 Å². The number of esters is 1. The second-order valence-electron chi connectivity index (χ2n) is 3.68. The third kappa shape index (κ3) is 2.77. The van der Waals surface area contributed by atoms with Crippen molar-refractivity contribution in [3.05, 3.63) is 53.7 Å². The molecule has 0 saturated heterocycles. The third-order valence-electron chi connectivity index (χ3n) is 2.43. The normalized spacial score (nSPS) is 9.90. The van der Waals surface area contributed by atoms with E-state index in [1.54, 1.807) is 0 Å². The zero-order valence-electron chi connectivity index (χ0n) is 10.5. The molecule has 2 aromatic rings. The Hall–Kier alpha value is -2.83. The highest BCUT2D eigenvalue weighted by atomic mass is 19.1. The van der Waals surface area contributed by atoms with Gasteiger partial charge in [-0.25, -0.2) is 19.2 Å². The predicted molar refractivity (Wildman–Crippen MR) is 67.7 cm³/mol. The van der Waals surface area contributed by atoms with E-state index >= 15 is 0 Å². The third-order valence-corrected chi connectivity index (χ3v) is 2.43. The van der Waals surface area contributed by atoms with Gasteiger partial charge in [-0.3, -0.25) is 4.79 Å². The Morgan fingerprint density at radius 3 is 2.60 bits per heavy atom. The van der Waals surface area contributed by atoms with Gasteiger partial charge in [0.25, 0.3) is 5.91 Å². The second-order valence-corrected chi connectivity index (χ2v) is 3.68. The summed E-state index contributed by atoms with van der Waals surface area (Å²) in [7, 11) is 1.18. The molecule has 20 heavy (non-hydrogen) atoms. The summed E-state index contributed by atoms with van der Waals surface area (Å²) in [6.45, 7) is 0. The number of nitrogens with zero attached hydrogens (tertiary/aromatic N) is 2. The number of amides is 1. The SMILES string of the molecule is COC(=O)c1nccnc1NC(=O)c1ccccc1F. The van der Waals surface area contributed by atoms with Crippen LogP contribution >= 0.6 is 0 Å². The summed E-state index contributed by atoms with van der Waals surface area (Å²) in [6, 6.07) is 5.47. The van der Waals surface area contributed by atoms with E-state index < -0.39 is 17.7 Å². The van der Waals surface area contributed by atoms with Crippen molar-refractivity contribution in [3.8, 4) is 0 Å². The Morgan fingerprint density at radius 1 is 1.20 bits per heavy atom. The summed E-state index contributed by atoms with van der Waals surface area (Å²) >= 11 is 0. The highest BCUT2D eigenvalue weighted by Gasteiger charge is 2.18. The molecular formula is C13H10FN3O3. The number of hydrogen-bond donors (Lipinski definition) is 1. The van der Waals surface area contributed by atoms with Crippen molar-refractivity contribution in [2.24, 2.45) is 0 Å². The van der Waals surface area contributed by atoms with E-state index in [0.29, 0.717) is 0 Å². The van der Waals surface area contributed by atoms with Crippen LogP contribution in [-0.4, -0.2) is 29.0 Å². The molecule has 7 heteroatoms. The molecule has 0 atom stereocenters. The first kappa shape index (κ1) is 13.6. The lowest BCUT2D eigenvalue weighted by molar-refractivity contribution is 0.0595. The van der Waals surface area contributed by atoms with Gasteiger partial charge in [-0.1, -0.05) is 12.1 Å². The van der Waals surface area contributed by atoms with Gasteiger partial charge in [-0.05, 0) is 12.1 Å². The van der Waals surface area contributed by atoms with Crippen LogP contribution in [-0.2, 0) is 4.74 Å². The lowest BCUT2D eigenvalue weighted by Crippen LogP contribution is -2.18. The summed E-state index contributed by atoms with van der Waals surface area (Å²) < 4.78 is 18.0. The fourth-order valence-electron chi connectivity index (χ4n) is 1.50. The summed E-state index contributed by atoms with van der Waals surface area (Å²) in [4.78, 5) is 31.0. The van der Waals surface area contributed by atoms with Crippen LogP contribution in [0, 0.1) is 5.82 Å². The Kier molecular flexibility index (Phi) is 3.99. The van der Waals surface area contributed by atoms with Crippen molar-refractivity contribution in [3.63, 3.8) is 0 Å². The smallest absolute Gasteiger partial charge is 0.360 e. The average Bonchev–Trinajstić information content (AvgIpc) is 2.47. The highest BCUT2D eigenvalue weighted by Crippen LogP contribution is 2.13. The van der Waals surface area contributed by atoms with Crippen LogP contribution < -0.4 is 5.32 Å². The van der Waals surface area contributed by atoms with Crippen LogP contribution in [0.15, 0.2) is 36.7 Å². The highest BCUT2D eigenvalue weighted by molar-refractivity contribution is 6.06. The average molecular weight is 275 g/mol. The van der Waals surface area contributed by atoms with Gasteiger partial charge in [0.2, 0.25) is 0 Å². The van der Waals surface area contributed by atoms with Crippen LogP contribution in [0.2, 0.25) is 0 Å². The van der Waals surface area contributed by atoms with Crippen LogP contribution in [0.3, 0.4) is 0 Å². The number of nitrogens with one attached hydrogen (secondary N) is 1. The fraction of sp³-hybridized carbons (Fsp3) is 0.0769. The second kappa shape index (κ2) is 5.87. The van der Waals surface area contributed by atoms with E-state index in [4.69, 9.17) is 0 Å². The molecule has 0 bridgehead atoms. The van der Waals surface area contributed by atoms with Crippen LogP contribution in [0.4, 0.5) is 10.2 Å². The van der Waals surface area contributed by atoms with Crippen LogP contribution in [0.5, 0.6) is 0 Å². The Balaban J connectivity index is 2.29. The van der Waals surface area contributed by atoms with Crippen molar-refractivity contribution >= 4 is 17.7 Å². The van der Waals surface area contributed by atoms with Gasteiger partial charge >= 0.3 is 5.97 Å². The van der Waals surface area contributed by atoms with Gasteiger partial charge in [0, 0.05) is 12.4 Å². The molecule has 0 aliphatic heterocycles. The maximum Gasteiger partial charge on any atom is 0.360 e. The summed E-state index contributed by atoms with van der Waals surface area (Å²) in [5.41, 5.74) is -0.311. The molecule has 0 aliphatic rings. The molecular weight excluding hydrogens is 265 g/mol. The number of methoxy groups -OCH3 is 1. The lowest BCUT2D eigenvalue weighted by atomic mass is 10.2. The van der Waals surface area contributed by atoms with Crippen molar-refractivity contribution in [1.29, 1.82) is 0 Å². The number of hydrogen-bond acceptors (Lipinski definition) is 5. The van der Waals surface area contributed by atoms with Crippen molar-refractivity contribution in [1.82, 2.24) is 9.97 Å². The predicted octanol–water partition coefficient (Wildman–Crippen LogP) is 1.65. The van der Waals surface area contributed by atoms with E-state index in [2.05, 4.69) is 20.0 Å². The number of carbonyl (C=O) groups is 2. The number of halogens is 1. The first-order chi connectivity index (χ1) is 9.63. The van der Waals surface area contributed by atoms with Gasteiger partial charge < -0.3 is 10.1 Å². The van der Waals surface area contributed by atoms with Gasteiger partial charge in [-0.15, -0.1) is 0 Å². The molecule has 1 heterocycles. The van der Waals surface area contributed by atoms with Crippen LogP contribution in [0.25, 0.3) is 0 Å².